The summed E-state index contributed by atoms with van der Waals surface area (Å²) in [4.78, 5) is 27.9. The molecule has 23 heavy (non-hydrogen) atoms. The molecule has 1 saturated heterocycles. The van der Waals surface area contributed by atoms with Gasteiger partial charge in [0.05, 0.1) is 6.54 Å². The topological polar surface area (TPSA) is 52.7 Å². The number of nitrogens with one attached hydrogen (secondary N) is 1. The lowest BCUT2D eigenvalue weighted by Gasteiger charge is -2.34. The monoisotopic (exact) mass is 321 g/mol. The summed E-state index contributed by atoms with van der Waals surface area (Å²) >= 11 is 0. The van der Waals surface area contributed by atoms with E-state index >= 15 is 0 Å². The zero-order valence-corrected chi connectivity index (χ0v) is 13.6. The molecule has 5 nitrogen and oxygen atoms in total. The van der Waals surface area contributed by atoms with E-state index in [4.69, 9.17) is 0 Å². The van der Waals surface area contributed by atoms with Crippen LogP contribution in [-0.4, -0.2) is 54.3 Å². The van der Waals surface area contributed by atoms with Gasteiger partial charge in [-0.25, -0.2) is 4.39 Å². The first kappa shape index (κ1) is 17.4. The van der Waals surface area contributed by atoms with E-state index < -0.39 is 0 Å². The van der Waals surface area contributed by atoms with Gasteiger partial charge in [0.1, 0.15) is 5.82 Å². The number of piperazine rings is 1. The van der Waals surface area contributed by atoms with E-state index in [1.807, 2.05) is 9.80 Å². The van der Waals surface area contributed by atoms with Crippen LogP contribution in [0.5, 0.6) is 0 Å². The number of hydrogen-bond acceptors (Lipinski definition) is 3. The normalized spacial score (nSPS) is 15.5. The van der Waals surface area contributed by atoms with Crippen molar-refractivity contribution in [2.45, 2.75) is 26.2 Å². The number of hydrogen-bond donors (Lipinski definition) is 1. The number of amides is 2. The van der Waals surface area contributed by atoms with Crippen LogP contribution in [-0.2, 0) is 9.59 Å². The number of halogens is 1. The van der Waals surface area contributed by atoms with Gasteiger partial charge in [0.2, 0.25) is 11.8 Å². The summed E-state index contributed by atoms with van der Waals surface area (Å²) < 4.78 is 12.8. The van der Waals surface area contributed by atoms with E-state index in [0.717, 1.165) is 12.8 Å². The van der Waals surface area contributed by atoms with Gasteiger partial charge < -0.3 is 10.2 Å². The molecule has 6 heteroatoms. The molecule has 0 atom stereocenters. The molecule has 2 rings (SSSR count). The molecule has 0 saturated carbocycles. The Balaban J connectivity index is 1.72. The van der Waals surface area contributed by atoms with E-state index in [2.05, 4.69) is 12.2 Å². The van der Waals surface area contributed by atoms with E-state index in [-0.39, 0.29) is 24.2 Å². The van der Waals surface area contributed by atoms with Crippen LogP contribution in [0.4, 0.5) is 10.1 Å². The smallest absolute Gasteiger partial charge is 0.238 e. The molecule has 2 amide bonds. The highest BCUT2D eigenvalue weighted by molar-refractivity contribution is 5.92. The summed E-state index contributed by atoms with van der Waals surface area (Å²) in [5.74, 6) is -0.239. The van der Waals surface area contributed by atoms with E-state index in [9.17, 15) is 14.0 Å². The van der Waals surface area contributed by atoms with Crippen molar-refractivity contribution in [2.75, 3.05) is 38.0 Å². The Morgan fingerprint density at radius 2 is 1.78 bits per heavy atom. The maximum atomic E-state index is 12.8. The summed E-state index contributed by atoms with van der Waals surface area (Å²) in [6.07, 6.45) is 2.57. The maximum Gasteiger partial charge on any atom is 0.238 e. The second-order valence-electron chi connectivity index (χ2n) is 5.82. The van der Waals surface area contributed by atoms with Gasteiger partial charge >= 0.3 is 0 Å². The highest BCUT2D eigenvalue weighted by atomic mass is 19.1. The fourth-order valence-electron chi connectivity index (χ4n) is 2.58. The van der Waals surface area contributed by atoms with E-state index in [0.29, 0.717) is 38.3 Å². The average Bonchev–Trinajstić information content (AvgIpc) is 2.55. The number of nitrogens with zero attached hydrogens (tertiary/aromatic N) is 2. The Bertz CT molecular complexity index is 525. The minimum absolute atomic E-state index is 0.123. The largest absolute Gasteiger partial charge is 0.340 e. The third-order valence-corrected chi connectivity index (χ3v) is 3.96. The molecule has 1 aliphatic rings. The molecule has 0 aliphatic carbocycles. The van der Waals surface area contributed by atoms with Gasteiger partial charge in [-0.3, -0.25) is 14.5 Å². The SMILES string of the molecule is CCCCC(=O)N1CCN(CC(=O)Nc2ccc(F)cc2)CC1. The molecule has 1 aromatic carbocycles. The first-order valence-electron chi connectivity index (χ1n) is 8.14. The van der Waals surface area contributed by atoms with Crippen LogP contribution in [0.2, 0.25) is 0 Å². The van der Waals surface area contributed by atoms with Gasteiger partial charge in [0.15, 0.2) is 0 Å². The lowest BCUT2D eigenvalue weighted by molar-refractivity contribution is -0.133. The fourth-order valence-corrected chi connectivity index (χ4v) is 2.58. The van der Waals surface area contributed by atoms with Crippen molar-refractivity contribution >= 4 is 17.5 Å². The molecular formula is C17H24FN3O2. The van der Waals surface area contributed by atoms with Crippen molar-refractivity contribution in [3.05, 3.63) is 30.1 Å². The Hall–Kier alpha value is -1.95. The van der Waals surface area contributed by atoms with Gasteiger partial charge in [-0.1, -0.05) is 13.3 Å². The minimum Gasteiger partial charge on any atom is -0.340 e. The maximum absolute atomic E-state index is 12.8. The number of carbonyl (C=O) groups is 2. The van der Waals surface area contributed by atoms with Crippen molar-refractivity contribution in [3.8, 4) is 0 Å². The zero-order valence-electron chi connectivity index (χ0n) is 13.6. The predicted octanol–water partition coefficient (Wildman–Crippen LogP) is 2.10. The molecule has 1 aromatic rings. The number of anilines is 1. The van der Waals surface area contributed by atoms with Crippen LogP contribution in [0.25, 0.3) is 0 Å². The molecule has 0 bridgehead atoms. The molecule has 1 N–H and O–H groups in total. The standard InChI is InChI=1S/C17H24FN3O2/c1-2-3-4-17(23)21-11-9-20(10-12-21)13-16(22)19-15-7-5-14(18)6-8-15/h5-8H,2-4,9-13H2,1H3,(H,19,22). The third-order valence-electron chi connectivity index (χ3n) is 3.96. The third kappa shape index (κ3) is 5.63. The lowest BCUT2D eigenvalue weighted by atomic mass is 10.2. The highest BCUT2D eigenvalue weighted by Gasteiger charge is 2.21. The molecular weight excluding hydrogens is 297 g/mol. The quantitative estimate of drug-likeness (QED) is 0.873. The molecule has 1 heterocycles. The Labute approximate surface area is 136 Å². The molecule has 126 valence electrons. The highest BCUT2D eigenvalue weighted by Crippen LogP contribution is 2.09. The van der Waals surface area contributed by atoms with Gasteiger partial charge in [-0.2, -0.15) is 0 Å². The first-order chi connectivity index (χ1) is 11.1. The summed E-state index contributed by atoms with van der Waals surface area (Å²) in [7, 11) is 0. The summed E-state index contributed by atoms with van der Waals surface area (Å²) in [6, 6.07) is 5.71. The second kappa shape index (κ2) is 8.62. The number of carbonyl (C=O) groups excluding carboxylic acids is 2. The summed E-state index contributed by atoms with van der Waals surface area (Å²) in [5.41, 5.74) is 0.588. The Morgan fingerprint density at radius 3 is 2.39 bits per heavy atom. The summed E-state index contributed by atoms with van der Waals surface area (Å²) in [6.45, 7) is 5.11. The number of unbranched alkanes of at least 4 members (excludes halogenated alkanes) is 1. The van der Waals surface area contributed by atoms with E-state index in [1.54, 1.807) is 0 Å². The van der Waals surface area contributed by atoms with Crippen molar-refractivity contribution in [3.63, 3.8) is 0 Å². The van der Waals surface area contributed by atoms with Crippen LogP contribution in [0.3, 0.4) is 0 Å². The van der Waals surface area contributed by atoms with Crippen molar-refractivity contribution in [2.24, 2.45) is 0 Å². The van der Waals surface area contributed by atoms with Gasteiger partial charge in [-0.05, 0) is 30.7 Å². The molecule has 1 fully saturated rings. The molecule has 0 aromatic heterocycles. The van der Waals surface area contributed by atoms with Crippen LogP contribution < -0.4 is 5.32 Å². The Kier molecular flexibility index (Phi) is 6.52. The van der Waals surface area contributed by atoms with Gasteiger partial charge in [0.25, 0.3) is 0 Å². The van der Waals surface area contributed by atoms with Crippen LogP contribution in [0, 0.1) is 5.82 Å². The fraction of sp³-hybridized carbons (Fsp3) is 0.529. The molecule has 0 spiro atoms. The Morgan fingerprint density at radius 1 is 1.13 bits per heavy atom. The zero-order chi connectivity index (χ0) is 16.7. The van der Waals surface area contributed by atoms with Gasteiger partial charge in [0, 0.05) is 38.3 Å². The van der Waals surface area contributed by atoms with Crippen LogP contribution in [0.1, 0.15) is 26.2 Å². The molecule has 1 aliphatic heterocycles. The molecule has 0 unspecified atom stereocenters. The number of rotatable bonds is 6. The summed E-state index contributed by atoms with van der Waals surface area (Å²) in [5, 5.41) is 2.75. The van der Waals surface area contributed by atoms with Gasteiger partial charge in [-0.15, -0.1) is 0 Å². The minimum atomic E-state index is -0.327. The van der Waals surface area contributed by atoms with Crippen LogP contribution >= 0.6 is 0 Å². The first-order valence-corrected chi connectivity index (χ1v) is 8.14. The molecule has 0 radical (unpaired) electrons. The predicted molar refractivity (Wildman–Crippen MR) is 87.6 cm³/mol. The van der Waals surface area contributed by atoms with Crippen molar-refractivity contribution < 1.29 is 14.0 Å². The van der Waals surface area contributed by atoms with Crippen molar-refractivity contribution in [1.29, 1.82) is 0 Å². The van der Waals surface area contributed by atoms with E-state index in [1.165, 1.54) is 24.3 Å². The average molecular weight is 321 g/mol. The second-order valence-corrected chi connectivity index (χ2v) is 5.82. The van der Waals surface area contributed by atoms with Crippen LogP contribution in [0.15, 0.2) is 24.3 Å². The number of benzene rings is 1. The lowest BCUT2D eigenvalue weighted by Crippen LogP contribution is -2.50. The van der Waals surface area contributed by atoms with Crippen molar-refractivity contribution in [1.82, 2.24) is 9.80 Å².